The number of hydrogen-bond acceptors (Lipinski definition) is 2. The van der Waals surface area contributed by atoms with Crippen molar-refractivity contribution >= 4 is 57.5 Å². The molecule has 2 heterocycles. The molecule has 0 saturated heterocycles. The molecule has 2 aromatic rings. The molecule has 0 aliphatic heterocycles. The Balaban J connectivity index is 2.41. The van der Waals surface area contributed by atoms with Gasteiger partial charge in [-0.1, -0.05) is 0 Å². The summed E-state index contributed by atoms with van der Waals surface area (Å²) >= 11 is 4.94. The molecule has 21 heavy (non-hydrogen) atoms. The van der Waals surface area contributed by atoms with E-state index in [2.05, 4.69) is 43.4 Å². The monoisotopic (exact) mass is 430 g/mol. The van der Waals surface area contributed by atoms with Crippen LogP contribution in [0.4, 0.5) is 0 Å². The zero-order valence-corrected chi connectivity index (χ0v) is 21.5. The molecule has 0 aliphatic carbocycles. The van der Waals surface area contributed by atoms with E-state index in [9.17, 15) is 0 Å². The second-order valence-corrected chi connectivity index (χ2v) is 13.6. The molecular weight excluding hydrogens is 399 g/mol. The Morgan fingerprint density at radius 3 is 1.95 bits per heavy atom. The second-order valence-electron chi connectivity index (χ2n) is 6.11. The van der Waals surface area contributed by atoms with Crippen LogP contribution in [0.3, 0.4) is 0 Å². The van der Waals surface area contributed by atoms with Crippen LogP contribution in [0, 0.1) is 0 Å². The fraction of sp³-hybridized carbons (Fsp3) is 0.667. The van der Waals surface area contributed by atoms with Crippen LogP contribution in [0.5, 0.6) is 0 Å². The number of hydrogen-bond donors (Lipinski definition) is 0. The standard InChI is InChI=1S/C18H27S2.Sn.3H/c1-4-7-10-14-13-19-18-17(14)15(11-8-5-2)16(20-18)12-9-6-3;;;;/h4-12H2,1-3H3;;;;. The van der Waals surface area contributed by atoms with Crippen molar-refractivity contribution in [2.75, 3.05) is 0 Å². The zero-order valence-electron chi connectivity index (χ0n) is 14.2. The first-order chi connectivity index (χ1) is 10.2. The van der Waals surface area contributed by atoms with Crippen molar-refractivity contribution in [3.63, 3.8) is 0 Å². The van der Waals surface area contributed by atoms with Gasteiger partial charge in [-0.3, -0.25) is 0 Å². The molecule has 0 spiro atoms. The first-order valence-electron chi connectivity index (χ1n) is 8.75. The Bertz CT molecular complexity index is 565. The van der Waals surface area contributed by atoms with Gasteiger partial charge in [-0.2, -0.15) is 0 Å². The van der Waals surface area contributed by atoms with E-state index in [0.717, 1.165) is 0 Å². The number of unbranched alkanes of at least 4 members (excludes halogenated alkanes) is 3. The predicted molar refractivity (Wildman–Crippen MR) is 105 cm³/mol. The summed E-state index contributed by atoms with van der Waals surface area (Å²) in [5.41, 5.74) is 3.53. The van der Waals surface area contributed by atoms with Gasteiger partial charge in [0.15, 0.2) is 0 Å². The molecule has 0 aromatic carbocycles. The summed E-state index contributed by atoms with van der Waals surface area (Å²) in [5, 5.41) is 1.73. The van der Waals surface area contributed by atoms with Gasteiger partial charge in [-0.05, 0) is 0 Å². The maximum atomic E-state index is 2.32. The van der Waals surface area contributed by atoms with Gasteiger partial charge in [0.2, 0.25) is 0 Å². The van der Waals surface area contributed by atoms with Gasteiger partial charge in [0.05, 0.1) is 0 Å². The van der Waals surface area contributed by atoms with Gasteiger partial charge in [-0.15, -0.1) is 0 Å². The van der Waals surface area contributed by atoms with Crippen molar-refractivity contribution in [2.24, 2.45) is 0 Å². The summed E-state index contributed by atoms with van der Waals surface area (Å²) in [6.45, 7) is 6.95. The Hall–Kier alpha value is 0.459. The third kappa shape index (κ3) is 4.26. The summed E-state index contributed by atoms with van der Waals surface area (Å²) in [6, 6.07) is 0. The molecule has 0 atom stereocenters. The molecule has 0 aliphatic rings. The van der Waals surface area contributed by atoms with E-state index in [1.54, 1.807) is 28.3 Å². The van der Waals surface area contributed by atoms with Crippen LogP contribution in [0.1, 0.15) is 75.3 Å². The Morgan fingerprint density at radius 1 is 0.762 bits per heavy atom. The van der Waals surface area contributed by atoms with E-state index in [1.165, 1.54) is 57.8 Å². The molecule has 0 radical (unpaired) electrons. The molecule has 0 nitrogen and oxygen atoms in total. The van der Waals surface area contributed by atoms with E-state index in [1.807, 2.05) is 0 Å². The molecule has 0 unspecified atom stereocenters. The van der Waals surface area contributed by atoms with Crippen molar-refractivity contribution < 1.29 is 0 Å². The zero-order chi connectivity index (χ0) is 15.2. The maximum absolute atomic E-state index is 2.32. The first kappa shape index (κ1) is 17.8. The quantitative estimate of drug-likeness (QED) is 0.494. The molecule has 0 fully saturated rings. The predicted octanol–water partition coefficient (Wildman–Crippen LogP) is 4.98. The molecule has 2 aromatic heterocycles. The Kier molecular flexibility index (Phi) is 7.57. The van der Waals surface area contributed by atoms with Crippen LogP contribution in [0.25, 0.3) is 9.40 Å². The van der Waals surface area contributed by atoms with Crippen LogP contribution in [0.15, 0.2) is 0 Å². The topological polar surface area (TPSA) is 0 Å². The number of fused-ring (bicyclic) bond motifs is 1. The van der Waals surface area contributed by atoms with Gasteiger partial charge in [-0.25, -0.2) is 0 Å². The van der Waals surface area contributed by atoms with Crippen molar-refractivity contribution in [1.29, 1.82) is 0 Å². The third-order valence-corrected chi connectivity index (χ3v) is 10.3. The van der Waals surface area contributed by atoms with Crippen LogP contribution >= 0.6 is 22.7 Å². The summed E-state index contributed by atoms with van der Waals surface area (Å²) in [4.78, 5) is 1.72. The SMILES string of the molecule is CCCCc1sc2s[c]([SnH3])c(CCCC)c2c1CCCC. The van der Waals surface area contributed by atoms with E-state index >= 15 is 0 Å². The van der Waals surface area contributed by atoms with Gasteiger partial charge >= 0.3 is 152 Å². The van der Waals surface area contributed by atoms with Crippen molar-refractivity contribution in [3.05, 3.63) is 16.0 Å². The van der Waals surface area contributed by atoms with Crippen LogP contribution < -0.4 is 2.89 Å². The molecule has 0 amide bonds. The van der Waals surface area contributed by atoms with E-state index in [-0.39, 0.29) is 0 Å². The molecular formula is C18H30S2Sn. The average molecular weight is 429 g/mol. The number of thiophene rings is 2. The Morgan fingerprint density at radius 2 is 1.33 bits per heavy atom. The number of rotatable bonds is 9. The molecule has 0 saturated carbocycles. The summed E-state index contributed by atoms with van der Waals surface area (Å²) in [7, 11) is 0. The van der Waals surface area contributed by atoms with Gasteiger partial charge in [0.25, 0.3) is 0 Å². The third-order valence-electron chi connectivity index (χ3n) is 4.35. The van der Waals surface area contributed by atoms with Gasteiger partial charge in [0, 0.05) is 0 Å². The van der Waals surface area contributed by atoms with Crippen molar-refractivity contribution in [1.82, 2.24) is 0 Å². The molecule has 3 heteroatoms. The average Bonchev–Trinajstić information content (AvgIpc) is 2.95. The molecule has 2 rings (SSSR count). The minimum absolute atomic E-state index is 0.659. The number of aryl methyl sites for hydroxylation is 3. The van der Waals surface area contributed by atoms with E-state index < -0.39 is 0 Å². The van der Waals surface area contributed by atoms with E-state index in [4.69, 9.17) is 0 Å². The molecule has 0 bridgehead atoms. The summed E-state index contributed by atoms with van der Waals surface area (Å²) < 4.78 is 3.44. The van der Waals surface area contributed by atoms with Gasteiger partial charge < -0.3 is 0 Å². The minimum atomic E-state index is 0.659. The Labute approximate surface area is 151 Å². The fourth-order valence-corrected chi connectivity index (χ4v) is 10.4. The van der Waals surface area contributed by atoms with Gasteiger partial charge in [0.1, 0.15) is 0 Å². The summed E-state index contributed by atoms with van der Waals surface area (Å²) in [6.07, 6.45) is 12.0. The van der Waals surface area contributed by atoms with E-state index in [0.29, 0.717) is 22.5 Å². The molecule has 118 valence electrons. The fourth-order valence-electron chi connectivity index (χ4n) is 3.05. The normalized spacial score (nSPS) is 11.8. The molecule has 0 N–H and O–H groups in total. The van der Waals surface area contributed by atoms with Crippen LogP contribution in [-0.2, 0) is 19.3 Å². The van der Waals surface area contributed by atoms with Crippen molar-refractivity contribution in [2.45, 2.75) is 78.6 Å². The van der Waals surface area contributed by atoms with Crippen LogP contribution in [-0.4, -0.2) is 22.5 Å². The van der Waals surface area contributed by atoms with Crippen molar-refractivity contribution in [3.8, 4) is 0 Å². The first-order valence-corrected chi connectivity index (χ1v) is 13.2. The van der Waals surface area contributed by atoms with Crippen LogP contribution in [0.2, 0.25) is 0 Å². The second kappa shape index (κ2) is 8.93. The summed E-state index contributed by atoms with van der Waals surface area (Å²) in [5.74, 6) is 0.